The first-order chi connectivity index (χ1) is 16.4. The molecule has 34 heavy (non-hydrogen) atoms. The van der Waals surface area contributed by atoms with Crippen molar-refractivity contribution in [3.8, 4) is 34.3 Å². The van der Waals surface area contributed by atoms with E-state index in [0.29, 0.717) is 51.8 Å². The number of carbonyl (C=O) groups excluding carboxylic acids is 1. The highest BCUT2D eigenvalue weighted by molar-refractivity contribution is 6.33. The van der Waals surface area contributed by atoms with Crippen LogP contribution in [-0.4, -0.2) is 36.8 Å². The van der Waals surface area contributed by atoms with Crippen LogP contribution in [0.1, 0.15) is 35.0 Å². The van der Waals surface area contributed by atoms with E-state index in [-0.39, 0.29) is 11.5 Å². The predicted octanol–water partition coefficient (Wildman–Crippen LogP) is 5.94. The van der Waals surface area contributed by atoms with Crippen LogP contribution in [0.5, 0.6) is 11.5 Å². The SMILES string of the molecule is CCOC(C(=O)c1ccc(-c2cc(OC)c(Cl)c(OC)c2)o1)c1ccc(-c2nnc(C)o2)cc1. The molecule has 1 atom stereocenters. The number of hydrogen-bond donors (Lipinski definition) is 0. The average Bonchev–Trinajstić information content (AvgIpc) is 3.52. The van der Waals surface area contributed by atoms with Crippen molar-refractivity contribution in [1.82, 2.24) is 10.2 Å². The first-order valence-corrected chi connectivity index (χ1v) is 10.9. The summed E-state index contributed by atoms with van der Waals surface area (Å²) in [6, 6.07) is 14.0. The van der Waals surface area contributed by atoms with Crippen LogP contribution in [0.15, 0.2) is 57.4 Å². The average molecular weight is 483 g/mol. The molecule has 0 fully saturated rings. The Bertz CT molecular complexity index is 1270. The number of hydrogen-bond acceptors (Lipinski definition) is 8. The van der Waals surface area contributed by atoms with E-state index in [9.17, 15) is 4.79 Å². The molecule has 0 saturated heterocycles. The molecular formula is C25H23ClN2O6. The number of ketones is 1. The van der Waals surface area contributed by atoms with Gasteiger partial charge in [0.05, 0.1) is 14.2 Å². The van der Waals surface area contributed by atoms with Gasteiger partial charge in [-0.15, -0.1) is 10.2 Å². The zero-order chi connectivity index (χ0) is 24.2. The van der Waals surface area contributed by atoms with Crippen LogP contribution in [0.4, 0.5) is 0 Å². The standard InChI is InChI=1S/C25H23ClN2O6/c1-5-32-24(15-6-8-16(9-7-15)25-28-27-14(2)33-25)23(29)19-11-10-18(34-19)17-12-20(30-3)22(26)21(13-17)31-4/h6-13,24H,5H2,1-4H3. The number of ether oxygens (including phenoxy) is 3. The Morgan fingerprint density at radius 3 is 2.21 bits per heavy atom. The molecule has 0 bridgehead atoms. The lowest BCUT2D eigenvalue weighted by atomic mass is 10.0. The minimum atomic E-state index is -0.836. The van der Waals surface area contributed by atoms with Gasteiger partial charge < -0.3 is 23.0 Å². The molecular weight excluding hydrogens is 460 g/mol. The maximum atomic E-state index is 13.3. The number of aryl methyl sites for hydroxylation is 1. The summed E-state index contributed by atoms with van der Waals surface area (Å²) in [5.41, 5.74) is 2.09. The fourth-order valence-corrected chi connectivity index (χ4v) is 3.73. The van der Waals surface area contributed by atoms with Crippen molar-refractivity contribution in [3.63, 3.8) is 0 Å². The normalized spacial score (nSPS) is 11.9. The van der Waals surface area contributed by atoms with Crippen LogP contribution in [0, 0.1) is 6.92 Å². The highest BCUT2D eigenvalue weighted by Gasteiger charge is 2.26. The molecule has 4 rings (SSSR count). The van der Waals surface area contributed by atoms with Gasteiger partial charge in [0, 0.05) is 24.7 Å². The Morgan fingerprint density at radius 2 is 1.65 bits per heavy atom. The molecule has 0 N–H and O–H groups in total. The Kier molecular flexibility index (Phi) is 7.00. The van der Waals surface area contributed by atoms with Crippen molar-refractivity contribution >= 4 is 17.4 Å². The highest BCUT2D eigenvalue weighted by Crippen LogP contribution is 2.39. The van der Waals surface area contributed by atoms with Gasteiger partial charge in [-0.1, -0.05) is 23.7 Å². The van der Waals surface area contributed by atoms with Gasteiger partial charge in [0.15, 0.2) is 5.76 Å². The fourth-order valence-electron chi connectivity index (χ4n) is 3.47. The second-order valence-corrected chi connectivity index (χ2v) is 7.68. The van der Waals surface area contributed by atoms with Crippen molar-refractivity contribution in [2.24, 2.45) is 0 Å². The molecule has 0 saturated carbocycles. The summed E-state index contributed by atoms with van der Waals surface area (Å²) in [4.78, 5) is 13.3. The third-order valence-corrected chi connectivity index (χ3v) is 5.51. The summed E-state index contributed by atoms with van der Waals surface area (Å²) < 4.78 is 27.8. The highest BCUT2D eigenvalue weighted by atomic mass is 35.5. The number of aromatic nitrogens is 2. The van der Waals surface area contributed by atoms with Crippen LogP contribution < -0.4 is 9.47 Å². The van der Waals surface area contributed by atoms with E-state index in [4.69, 9.17) is 34.6 Å². The number of furan rings is 1. The van der Waals surface area contributed by atoms with Crippen molar-refractivity contribution in [2.45, 2.75) is 20.0 Å². The summed E-state index contributed by atoms with van der Waals surface area (Å²) >= 11 is 6.26. The first-order valence-electron chi connectivity index (χ1n) is 10.5. The molecule has 1 unspecified atom stereocenters. The molecule has 0 aliphatic carbocycles. The Hall–Kier alpha value is -3.62. The van der Waals surface area contributed by atoms with Crippen molar-refractivity contribution < 1.29 is 27.8 Å². The van der Waals surface area contributed by atoms with Crippen molar-refractivity contribution in [2.75, 3.05) is 20.8 Å². The van der Waals surface area contributed by atoms with Crippen LogP contribution in [-0.2, 0) is 4.74 Å². The van der Waals surface area contributed by atoms with Crippen LogP contribution >= 0.6 is 11.6 Å². The number of carbonyl (C=O) groups is 1. The minimum Gasteiger partial charge on any atom is -0.495 e. The molecule has 2 heterocycles. The molecule has 2 aromatic carbocycles. The minimum absolute atomic E-state index is 0.165. The maximum absolute atomic E-state index is 13.3. The Morgan fingerprint density at radius 1 is 0.971 bits per heavy atom. The Labute approximate surface area is 201 Å². The van der Waals surface area contributed by atoms with Crippen LogP contribution in [0.3, 0.4) is 0 Å². The van der Waals surface area contributed by atoms with Crippen molar-refractivity contribution in [3.05, 3.63) is 70.8 Å². The van der Waals surface area contributed by atoms with E-state index in [1.54, 1.807) is 55.5 Å². The molecule has 4 aromatic rings. The Balaban J connectivity index is 1.61. The lowest BCUT2D eigenvalue weighted by molar-refractivity contribution is 0.0429. The second kappa shape index (κ2) is 10.1. The second-order valence-electron chi connectivity index (χ2n) is 7.31. The monoisotopic (exact) mass is 482 g/mol. The smallest absolute Gasteiger partial charge is 0.247 e. The predicted molar refractivity (Wildman–Crippen MR) is 125 cm³/mol. The lowest BCUT2D eigenvalue weighted by Crippen LogP contribution is -2.16. The molecule has 0 radical (unpaired) electrons. The van der Waals surface area contributed by atoms with Gasteiger partial charge in [0.25, 0.3) is 0 Å². The van der Waals surface area contributed by atoms with Gasteiger partial charge in [-0.05, 0) is 48.9 Å². The quantitative estimate of drug-likeness (QED) is 0.270. The molecule has 0 amide bonds. The molecule has 0 aliphatic rings. The summed E-state index contributed by atoms with van der Waals surface area (Å²) in [5, 5.41) is 8.21. The molecule has 9 heteroatoms. The molecule has 176 valence electrons. The van der Waals surface area contributed by atoms with E-state index in [2.05, 4.69) is 10.2 Å². The van der Waals surface area contributed by atoms with E-state index >= 15 is 0 Å². The number of Topliss-reactive ketones (excluding diaryl/α,β-unsaturated/α-hetero) is 1. The van der Waals surface area contributed by atoms with Gasteiger partial charge in [-0.25, -0.2) is 0 Å². The maximum Gasteiger partial charge on any atom is 0.247 e. The van der Waals surface area contributed by atoms with E-state index < -0.39 is 6.10 Å². The third kappa shape index (κ3) is 4.69. The number of nitrogens with zero attached hydrogens (tertiary/aromatic N) is 2. The van der Waals surface area contributed by atoms with Crippen LogP contribution in [0.2, 0.25) is 5.02 Å². The number of benzene rings is 2. The van der Waals surface area contributed by atoms with E-state index in [1.807, 2.05) is 6.92 Å². The van der Waals surface area contributed by atoms with E-state index in [1.165, 1.54) is 14.2 Å². The largest absolute Gasteiger partial charge is 0.495 e. The van der Waals surface area contributed by atoms with Gasteiger partial charge >= 0.3 is 0 Å². The lowest BCUT2D eigenvalue weighted by Gasteiger charge is -2.15. The summed E-state index contributed by atoms with van der Waals surface area (Å²) in [5.74, 6) is 2.08. The molecule has 0 aliphatic heterocycles. The van der Waals surface area contributed by atoms with Crippen LogP contribution in [0.25, 0.3) is 22.8 Å². The zero-order valence-corrected chi connectivity index (χ0v) is 19.9. The molecule has 2 aromatic heterocycles. The molecule has 8 nitrogen and oxygen atoms in total. The van der Waals surface area contributed by atoms with Gasteiger partial charge in [0.2, 0.25) is 17.6 Å². The summed E-state index contributed by atoms with van der Waals surface area (Å²) in [7, 11) is 3.03. The summed E-state index contributed by atoms with van der Waals surface area (Å²) in [6.07, 6.45) is -0.836. The van der Waals surface area contributed by atoms with Gasteiger partial charge in [-0.3, -0.25) is 4.79 Å². The zero-order valence-electron chi connectivity index (χ0n) is 19.1. The number of halogens is 1. The third-order valence-electron chi connectivity index (χ3n) is 5.14. The first kappa shape index (κ1) is 23.5. The van der Waals surface area contributed by atoms with Gasteiger partial charge in [0.1, 0.15) is 28.4 Å². The number of rotatable bonds is 9. The van der Waals surface area contributed by atoms with Gasteiger partial charge in [-0.2, -0.15) is 0 Å². The fraction of sp³-hybridized carbons (Fsp3) is 0.240. The summed E-state index contributed by atoms with van der Waals surface area (Å²) in [6.45, 7) is 3.90. The van der Waals surface area contributed by atoms with Crippen molar-refractivity contribution in [1.29, 1.82) is 0 Å². The number of methoxy groups -OCH3 is 2. The topological polar surface area (TPSA) is 96.8 Å². The molecule has 0 spiro atoms. The van der Waals surface area contributed by atoms with E-state index in [0.717, 1.165) is 5.56 Å².